The summed E-state index contributed by atoms with van der Waals surface area (Å²) in [6.07, 6.45) is 1.99. The first kappa shape index (κ1) is 16.8. The summed E-state index contributed by atoms with van der Waals surface area (Å²) in [6, 6.07) is 0.226. The zero-order chi connectivity index (χ0) is 16.3. The van der Waals surface area contributed by atoms with Crippen molar-refractivity contribution in [1.82, 2.24) is 15.1 Å². The second kappa shape index (κ2) is 7.11. The number of carbonyl (C=O) groups is 3. The summed E-state index contributed by atoms with van der Waals surface area (Å²) in [5, 5.41) is 3.00. The van der Waals surface area contributed by atoms with E-state index in [2.05, 4.69) is 5.32 Å². The third-order valence-electron chi connectivity index (χ3n) is 4.74. The summed E-state index contributed by atoms with van der Waals surface area (Å²) >= 11 is 0. The first-order valence-corrected chi connectivity index (χ1v) is 8.21. The highest BCUT2D eigenvalue weighted by Crippen LogP contribution is 2.21. The van der Waals surface area contributed by atoms with Crippen LogP contribution >= 0.6 is 0 Å². The molecule has 2 rings (SSSR count). The Morgan fingerprint density at radius 1 is 1.27 bits per heavy atom. The van der Waals surface area contributed by atoms with Gasteiger partial charge in [0.2, 0.25) is 17.7 Å². The van der Waals surface area contributed by atoms with E-state index in [0.717, 1.165) is 19.4 Å². The smallest absolute Gasteiger partial charge is 0.223 e. The van der Waals surface area contributed by atoms with E-state index in [4.69, 9.17) is 0 Å². The van der Waals surface area contributed by atoms with E-state index >= 15 is 0 Å². The van der Waals surface area contributed by atoms with Gasteiger partial charge in [-0.3, -0.25) is 14.4 Å². The first-order chi connectivity index (χ1) is 10.4. The molecule has 2 heterocycles. The van der Waals surface area contributed by atoms with Crippen molar-refractivity contribution in [3.63, 3.8) is 0 Å². The van der Waals surface area contributed by atoms with E-state index in [1.807, 2.05) is 18.7 Å². The molecule has 22 heavy (non-hydrogen) atoms. The third kappa shape index (κ3) is 3.99. The van der Waals surface area contributed by atoms with Crippen LogP contribution < -0.4 is 5.32 Å². The van der Waals surface area contributed by atoms with Crippen molar-refractivity contribution < 1.29 is 14.4 Å². The van der Waals surface area contributed by atoms with Gasteiger partial charge in [-0.25, -0.2) is 0 Å². The molecule has 2 saturated heterocycles. The molecule has 1 unspecified atom stereocenters. The topological polar surface area (TPSA) is 69.7 Å². The molecule has 6 nitrogen and oxygen atoms in total. The number of nitrogens with one attached hydrogen (secondary N) is 1. The standard InChI is InChI=1S/C16H27N3O3/c1-11(2)19-10-13(8-15(19)21)9-17-16(22)14-4-6-18(7-5-14)12(3)20/h11,13-14H,4-10H2,1-3H3,(H,17,22). The van der Waals surface area contributed by atoms with Crippen molar-refractivity contribution >= 4 is 17.7 Å². The summed E-state index contributed by atoms with van der Waals surface area (Å²) < 4.78 is 0. The molecule has 0 radical (unpaired) electrons. The van der Waals surface area contributed by atoms with Crippen LogP contribution in [0, 0.1) is 11.8 Å². The van der Waals surface area contributed by atoms with Gasteiger partial charge in [-0.15, -0.1) is 0 Å². The Hall–Kier alpha value is -1.59. The Morgan fingerprint density at radius 3 is 2.41 bits per heavy atom. The second-order valence-electron chi connectivity index (χ2n) is 6.74. The van der Waals surface area contributed by atoms with E-state index in [1.165, 1.54) is 0 Å². The fourth-order valence-corrected chi connectivity index (χ4v) is 3.29. The SMILES string of the molecule is CC(=O)N1CCC(C(=O)NCC2CC(=O)N(C(C)C)C2)CC1. The number of hydrogen-bond acceptors (Lipinski definition) is 3. The van der Waals surface area contributed by atoms with Crippen LogP contribution in [0.3, 0.4) is 0 Å². The fourth-order valence-electron chi connectivity index (χ4n) is 3.29. The van der Waals surface area contributed by atoms with Crippen molar-refractivity contribution in [3.8, 4) is 0 Å². The van der Waals surface area contributed by atoms with Gasteiger partial charge in [0, 0.05) is 57.4 Å². The lowest BCUT2D eigenvalue weighted by molar-refractivity contribution is -0.134. The maximum Gasteiger partial charge on any atom is 0.223 e. The number of likely N-dealkylation sites (tertiary alicyclic amines) is 2. The molecule has 0 bridgehead atoms. The zero-order valence-corrected chi connectivity index (χ0v) is 13.8. The van der Waals surface area contributed by atoms with E-state index in [9.17, 15) is 14.4 Å². The number of piperidine rings is 1. The molecule has 0 aromatic rings. The maximum absolute atomic E-state index is 12.2. The highest BCUT2D eigenvalue weighted by molar-refractivity contribution is 5.81. The first-order valence-electron chi connectivity index (χ1n) is 8.21. The monoisotopic (exact) mass is 309 g/mol. The lowest BCUT2D eigenvalue weighted by atomic mass is 9.95. The minimum absolute atomic E-state index is 0.00564. The van der Waals surface area contributed by atoms with Crippen LogP contribution in [0.2, 0.25) is 0 Å². The molecule has 2 fully saturated rings. The molecule has 0 aliphatic carbocycles. The quantitative estimate of drug-likeness (QED) is 0.827. The Balaban J connectivity index is 1.73. The van der Waals surface area contributed by atoms with Gasteiger partial charge in [-0.2, -0.15) is 0 Å². The van der Waals surface area contributed by atoms with Crippen LogP contribution in [0.1, 0.15) is 40.0 Å². The molecule has 0 aromatic carbocycles. The largest absolute Gasteiger partial charge is 0.356 e. The predicted molar refractivity (Wildman–Crippen MR) is 82.9 cm³/mol. The fraction of sp³-hybridized carbons (Fsp3) is 0.812. The van der Waals surface area contributed by atoms with Gasteiger partial charge in [0.05, 0.1) is 0 Å². The van der Waals surface area contributed by atoms with Crippen LogP contribution in [0.5, 0.6) is 0 Å². The molecule has 0 spiro atoms. The average molecular weight is 309 g/mol. The lowest BCUT2D eigenvalue weighted by Gasteiger charge is -2.30. The van der Waals surface area contributed by atoms with Crippen molar-refractivity contribution in [2.45, 2.75) is 46.1 Å². The number of carbonyl (C=O) groups excluding carboxylic acids is 3. The van der Waals surface area contributed by atoms with Crippen LogP contribution in [0.4, 0.5) is 0 Å². The van der Waals surface area contributed by atoms with E-state index < -0.39 is 0 Å². The Kier molecular flexibility index (Phi) is 5.42. The third-order valence-corrected chi connectivity index (χ3v) is 4.74. The van der Waals surface area contributed by atoms with Crippen molar-refractivity contribution in [3.05, 3.63) is 0 Å². The molecule has 1 atom stereocenters. The van der Waals surface area contributed by atoms with Gasteiger partial charge >= 0.3 is 0 Å². The number of hydrogen-bond donors (Lipinski definition) is 1. The molecule has 124 valence electrons. The van der Waals surface area contributed by atoms with Crippen molar-refractivity contribution in [2.75, 3.05) is 26.2 Å². The number of rotatable bonds is 4. The summed E-state index contributed by atoms with van der Waals surface area (Å²) in [7, 11) is 0. The maximum atomic E-state index is 12.2. The van der Waals surface area contributed by atoms with E-state index in [0.29, 0.717) is 26.1 Å². The van der Waals surface area contributed by atoms with Gasteiger partial charge in [0.1, 0.15) is 0 Å². The normalized spacial score (nSPS) is 23.3. The van der Waals surface area contributed by atoms with Crippen LogP contribution in [0.15, 0.2) is 0 Å². The van der Waals surface area contributed by atoms with E-state index in [1.54, 1.807) is 11.8 Å². The summed E-state index contributed by atoms with van der Waals surface area (Å²) in [5.41, 5.74) is 0. The summed E-state index contributed by atoms with van der Waals surface area (Å²) in [6.45, 7) is 8.23. The van der Waals surface area contributed by atoms with Gasteiger partial charge < -0.3 is 15.1 Å². The highest BCUT2D eigenvalue weighted by atomic mass is 16.2. The Bertz CT molecular complexity index is 442. The molecule has 1 N–H and O–H groups in total. The number of amides is 3. The minimum Gasteiger partial charge on any atom is -0.356 e. The molecule has 2 aliphatic heterocycles. The van der Waals surface area contributed by atoms with Crippen LogP contribution in [-0.2, 0) is 14.4 Å². The Labute approximate surface area is 132 Å². The van der Waals surface area contributed by atoms with E-state index in [-0.39, 0.29) is 35.6 Å². The molecule has 0 aromatic heterocycles. The minimum atomic E-state index is -0.00564. The molecule has 0 saturated carbocycles. The van der Waals surface area contributed by atoms with Crippen molar-refractivity contribution in [1.29, 1.82) is 0 Å². The average Bonchev–Trinajstić information content (AvgIpc) is 2.86. The van der Waals surface area contributed by atoms with Gasteiger partial charge in [-0.1, -0.05) is 0 Å². The van der Waals surface area contributed by atoms with Gasteiger partial charge in [0.15, 0.2) is 0 Å². The number of nitrogens with zero attached hydrogens (tertiary/aromatic N) is 2. The summed E-state index contributed by atoms with van der Waals surface area (Å²) in [4.78, 5) is 39.0. The van der Waals surface area contributed by atoms with Crippen molar-refractivity contribution in [2.24, 2.45) is 11.8 Å². The molecular formula is C16H27N3O3. The molecule has 3 amide bonds. The lowest BCUT2D eigenvalue weighted by Crippen LogP contribution is -2.43. The zero-order valence-electron chi connectivity index (χ0n) is 13.8. The predicted octanol–water partition coefficient (Wildman–Crippen LogP) is 0.618. The molecule has 2 aliphatic rings. The Morgan fingerprint density at radius 2 is 1.91 bits per heavy atom. The van der Waals surface area contributed by atoms with Crippen LogP contribution in [0.25, 0.3) is 0 Å². The van der Waals surface area contributed by atoms with Gasteiger partial charge in [-0.05, 0) is 26.7 Å². The van der Waals surface area contributed by atoms with Gasteiger partial charge in [0.25, 0.3) is 0 Å². The van der Waals surface area contributed by atoms with Crippen LogP contribution in [-0.4, -0.2) is 59.7 Å². The highest BCUT2D eigenvalue weighted by Gasteiger charge is 2.32. The summed E-state index contributed by atoms with van der Waals surface area (Å²) in [5.74, 6) is 0.546. The molecular weight excluding hydrogens is 282 g/mol. The second-order valence-corrected chi connectivity index (χ2v) is 6.74. The molecule has 6 heteroatoms.